The van der Waals surface area contributed by atoms with Crippen LogP contribution in [0, 0.1) is 0 Å². The number of aliphatic hydroxyl groups is 1. The van der Waals surface area contributed by atoms with Gasteiger partial charge in [0.2, 0.25) is 0 Å². The molecule has 0 fully saturated rings. The van der Waals surface area contributed by atoms with E-state index in [9.17, 15) is 5.11 Å². The number of fused-ring (bicyclic) bond motifs is 1. The van der Waals surface area contributed by atoms with Crippen molar-refractivity contribution in [3.63, 3.8) is 0 Å². The first-order valence-electron chi connectivity index (χ1n) is 6.50. The van der Waals surface area contributed by atoms with Gasteiger partial charge in [-0.1, -0.05) is 29.8 Å². The zero-order valence-electron chi connectivity index (χ0n) is 10.6. The number of thiophene rings is 1. The third kappa shape index (κ3) is 2.78. The molecule has 0 aliphatic carbocycles. The van der Waals surface area contributed by atoms with Crippen LogP contribution in [0.25, 0.3) is 0 Å². The van der Waals surface area contributed by atoms with Crippen LogP contribution in [-0.2, 0) is 6.42 Å². The van der Waals surface area contributed by atoms with E-state index in [0.29, 0.717) is 0 Å². The van der Waals surface area contributed by atoms with Gasteiger partial charge in [-0.25, -0.2) is 0 Å². The number of anilines is 1. The highest BCUT2D eigenvalue weighted by molar-refractivity contribution is 7.16. The molecular formula is C15H16ClNOS. The molecule has 1 aromatic carbocycles. The van der Waals surface area contributed by atoms with E-state index in [-0.39, 0.29) is 0 Å². The Kier molecular flexibility index (Phi) is 3.78. The van der Waals surface area contributed by atoms with Crippen molar-refractivity contribution >= 4 is 28.6 Å². The third-order valence-electron chi connectivity index (χ3n) is 3.58. The van der Waals surface area contributed by atoms with Gasteiger partial charge in [0.25, 0.3) is 0 Å². The number of halogens is 1. The smallest absolute Gasteiger partial charge is 0.0932 e. The standard InChI is InChI=1S/C15H16ClNOS/c16-15-6-5-14(19-15)13(18)8-10-17-9-7-11-3-1-2-4-12(11)17/h1-6,13,18H,7-10H2. The number of nitrogens with zero attached hydrogens (tertiary/aromatic N) is 1. The summed E-state index contributed by atoms with van der Waals surface area (Å²) in [7, 11) is 0. The summed E-state index contributed by atoms with van der Waals surface area (Å²) in [6.07, 6.45) is 1.44. The second-order valence-electron chi connectivity index (χ2n) is 4.81. The fourth-order valence-electron chi connectivity index (χ4n) is 2.57. The molecule has 0 radical (unpaired) electrons. The van der Waals surface area contributed by atoms with Gasteiger partial charge in [0.1, 0.15) is 0 Å². The lowest BCUT2D eigenvalue weighted by atomic mass is 10.2. The van der Waals surface area contributed by atoms with Crippen LogP contribution in [0.1, 0.15) is 23.0 Å². The zero-order valence-corrected chi connectivity index (χ0v) is 12.1. The van der Waals surface area contributed by atoms with Crippen LogP contribution in [0.5, 0.6) is 0 Å². The summed E-state index contributed by atoms with van der Waals surface area (Å²) in [5.41, 5.74) is 2.73. The number of rotatable bonds is 4. The monoisotopic (exact) mass is 293 g/mol. The highest BCUT2D eigenvalue weighted by atomic mass is 35.5. The Labute approximate surface area is 122 Å². The number of para-hydroxylation sites is 1. The average Bonchev–Trinajstić information content (AvgIpc) is 3.02. The maximum absolute atomic E-state index is 10.2. The van der Waals surface area contributed by atoms with Crippen LogP contribution in [0.4, 0.5) is 5.69 Å². The Morgan fingerprint density at radius 2 is 2.11 bits per heavy atom. The van der Waals surface area contributed by atoms with E-state index in [0.717, 1.165) is 35.1 Å². The molecule has 1 aliphatic rings. The first-order chi connectivity index (χ1) is 9.24. The van der Waals surface area contributed by atoms with Gasteiger partial charge in [-0.3, -0.25) is 0 Å². The summed E-state index contributed by atoms with van der Waals surface area (Å²) in [6, 6.07) is 12.3. The largest absolute Gasteiger partial charge is 0.388 e. The van der Waals surface area contributed by atoms with Gasteiger partial charge in [0, 0.05) is 23.7 Å². The lowest BCUT2D eigenvalue weighted by Crippen LogP contribution is -2.23. The van der Waals surface area contributed by atoms with Crippen molar-refractivity contribution in [2.45, 2.75) is 18.9 Å². The molecule has 2 heterocycles. The minimum absolute atomic E-state index is 0.412. The van der Waals surface area contributed by atoms with Gasteiger partial charge in [-0.15, -0.1) is 11.3 Å². The zero-order chi connectivity index (χ0) is 13.2. The summed E-state index contributed by atoms with van der Waals surface area (Å²) < 4.78 is 0.737. The quantitative estimate of drug-likeness (QED) is 0.924. The molecule has 3 rings (SSSR count). The Bertz CT molecular complexity index is 569. The summed E-state index contributed by atoms with van der Waals surface area (Å²) in [4.78, 5) is 3.31. The molecule has 0 bridgehead atoms. The fourth-order valence-corrected chi connectivity index (χ4v) is 3.65. The molecule has 2 nitrogen and oxygen atoms in total. The third-order valence-corrected chi connectivity index (χ3v) is 4.91. The van der Waals surface area contributed by atoms with E-state index < -0.39 is 6.10 Å². The van der Waals surface area contributed by atoms with Crippen LogP contribution >= 0.6 is 22.9 Å². The molecule has 1 aromatic heterocycles. The molecule has 0 saturated carbocycles. The lowest BCUT2D eigenvalue weighted by molar-refractivity contribution is 0.173. The highest BCUT2D eigenvalue weighted by Crippen LogP contribution is 2.31. The molecule has 1 unspecified atom stereocenters. The minimum atomic E-state index is -0.412. The molecule has 1 atom stereocenters. The fraction of sp³-hybridized carbons (Fsp3) is 0.333. The molecular weight excluding hydrogens is 278 g/mol. The molecule has 0 amide bonds. The molecule has 0 saturated heterocycles. The number of aliphatic hydroxyl groups excluding tert-OH is 1. The normalized spacial score (nSPS) is 15.6. The first-order valence-corrected chi connectivity index (χ1v) is 7.69. The minimum Gasteiger partial charge on any atom is -0.388 e. The summed E-state index contributed by atoms with van der Waals surface area (Å²) in [5, 5.41) is 10.2. The van der Waals surface area contributed by atoms with Crippen LogP contribution in [0.2, 0.25) is 4.34 Å². The maximum atomic E-state index is 10.2. The van der Waals surface area contributed by atoms with Crippen molar-refractivity contribution in [2.75, 3.05) is 18.0 Å². The molecule has 1 N–H and O–H groups in total. The van der Waals surface area contributed by atoms with Crippen molar-refractivity contribution in [1.29, 1.82) is 0 Å². The topological polar surface area (TPSA) is 23.5 Å². The maximum Gasteiger partial charge on any atom is 0.0932 e. The van der Waals surface area contributed by atoms with E-state index in [1.165, 1.54) is 22.6 Å². The van der Waals surface area contributed by atoms with Gasteiger partial charge < -0.3 is 10.0 Å². The molecule has 0 spiro atoms. The van der Waals surface area contributed by atoms with Gasteiger partial charge in [0.15, 0.2) is 0 Å². The molecule has 2 aromatic rings. The van der Waals surface area contributed by atoms with E-state index in [4.69, 9.17) is 11.6 Å². The summed E-state index contributed by atoms with van der Waals surface area (Å²) in [5.74, 6) is 0. The SMILES string of the molecule is OC(CCN1CCc2ccccc21)c1ccc(Cl)s1. The average molecular weight is 294 g/mol. The predicted molar refractivity (Wildman–Crippen MR) is 81.3 cm³/mol. The van der Waals surface area contributed by atoms with Crippen molar-refractivity contribution in [2.24, 2.45) is 0 Å². The van der Waals surface area contributed by atoms with Crippen LogP contribution in [0.3, 0.4) is 0 Å². The number of hydrogen-bond donors (Lipinski definition) is 1. The Morgan fingerprint density at radius 1 is 1.26 bits per heavy atom. The molecule has 1 aliphatic heterocycles. The molecule has 100 valence electrons. The van der Waals surface area contributed by atoms with Gasteiger partial charge in [0.05, 0.1) is 10.4 Å². The van der Waals surface area contributed by atoms with Crippen LogP contribution in [-0.4, -0.2) is 18.2 Å². The number of benzene rings is 1. The second-order valence-corrected chi connectivity index (χ2v) is 6.56. The van der Waals surface area contributed by atoms with E-state index in [2.05, 4.69) is 29.2 Å². The van der Waals surface area contributed by atoms with Crippen molar-refractivity contribution < 1.29 is 5.11 Å². The van der Waals surface area contributed by atoms with E-state index >= 15 is 0 Å². The number of hydrogen-bond acceptors (Lipinski definition) is 3. The Morgan fingerprint density at radius 3 is 2.89 bits per heavy atom. The van der Waals surface area contributed by atoms with Gasteiger partial charge in [-0.2, -0.15) is 0 Å². The van der Waals surface area contributed by atoms with Crippen LogP contribution < -0.4 is 4.90 Å². The van der Waals surface area contributed by atoms with Crippen molar-refractivity contribution in [3.8, 4) is 0 Å². The van der Waals surface area contributed by atoms with Gasteiger partial charge in [-0.05, 0) is 36.6 Å². The van der Waals surface area contributed by atoms with E-state index in [1.54, 1.807) is 0 Å². The van der Waals surface area contributed by atoms with Crippen molar-refractivity contribution in [1.82, 2.24) is 0 Å². The van der Waals surface area contributed by atoms with Crippen LogP contribution in [0.15, 0.2) is 36.4 Å². The summed E-state index contributed by atoms with van der Waals surface area (Å²) >= 11 is 7.36. The first kappa shape index (κ1) is 13.0. The van der Waals surface area contributed by atoms with E-state index in [1.807, 2.05) is 12.1 Å². The van der Waals surface area contributed by atoms with Gasteiger partial charge >= 0.3 is 0 Å². The van der Waals surface area contributed by atoms with Crippen molar-refractivity contribution in [3.05, 3.63) is 51.2 Å². The molecule has 4 heteroatoms. The lowest BCUT2D eigenvalue weighted by Gasteiger charge is -2.20. The second kappa shape index (κ2) is 5.53. The Hall–Kier alpha value is -1.03. The highest BCUT2D eigenvalue weighted by Gasteiger charge is 2.19. The summed E-state index contributed by atoms with van der Waals surface area (Å²) in [6.45, 7) is 1.94. The molecule has 19 heavy (non-hydrogen) atoms. The Balaban J connectivity index is 1.62. The predicted octanol–water partition coefficient (Wildman–Crippen LogP) is 3.89.